The average Bonchev–Trinajstić information content (AvgIpc) is 3.03. The second-order valence-electron chi connectivity index (χ2n) is 10.4. The summed E-state index contributed by atoms with van der Waals surface area (Å²) in [6.45, 7) is 5.49. The quantitative estimate of drug-likeness (QED) is 0.384. The minimum absolute atomic E-state index is 0.0646. The SMILES string of the molecule is C[C@]12CC[C@H](OCc3ccccc3)CC1=C[C@@H](Br)[C@@H]1[C@@H]2CC[C@]2(C)C(=O)CC[C@@H]12. The smallest absolute Gasteiger partial charge is 0.139 e. The van der Waals surface area contributed by atoms with E-state index in [0.717, 1.165) is 32.1 Å². The van der Waals surface area contributed by atoms with E-state index < -0.39 is 0 Å². The van der Waals surface area contributed by atoms with Gasteiger partial charge >= 0.3 is 0 Å². The molecule has 0 radical (unpaired) electrons. The van der Waals surface area contributed by atoms with Crippen molar-refractivity contribution in [2.24, 2.45) is 28.6 Å². The maximum Gasteiger partial charge on any atom is 0.139 e. The first kappa shape index (κ1) is 20.0. The highest BCUT2D eigenvalue weighted by Crippen LogP contribution is 2.65. The fraction of sp³-hybridized carbons (Fsp3) is 0.654. The number of carbonyl (C=O) groups is 1. The molecule has 0 aromatic heterocycles. The summed E-state index contributed by atoms with van der Waals surface area (Å²) in [6, 6.07) is 10.5. The Kier molecular flexibility index (Phi) is 5.06. The number of ether oxygens (including phenoxy) is 1. The maximum absolute atomic E-state index is 12.7. The third-order valence-corrected chi connectivity index (χ3v) is 9.96. The molecule has 4 aliphatic rings. The van der Waals surface area contributed by atoms with Gasteiger partial charge < -0.3 is 4.74 Å². The summed E-state index contributed by atoms with van der Waals surface area (Å²) in [5.41, 5.74) is 3.09. The van der Waals surface area contributed by atoms with Gasteiger partial charge in [-0.1, -0.05) is 71.8 Å². The van der Waals surface area contributed by atoms with Crippen molar-refractivity contribution in [3.63, 3.8) is 0 Å². The maximum atomic E-state index is 12.7. The largest absolute Gasteiger partial charge is 0.373 e. The minimum Gasteiger partial charge on any atom is -0.373 e. The molecule has 0 amide bonds. The first-order chi connectivity index (χ1) is 13.9. The number of rotatable bonds is 3. The van der Waals surface area contributed by atoms with Crippen molar-refractivity contribution in [1.29, 1.82) is 0 Å². The second-order valence-corrected chi connectivity index (χ2v) is 11.5. The molecule has 0 bridgehead atoms. The van der Waals surface area contributed by atoms with Crippen LogP contribution < -0.4 is 0 Å². The van der Waals surface area contributed by atoms with E-state index >= 15 is 0 Å². The highest BCUT2D eigenvalue weighted by Gasteiger charge is 2.60. The molecule has 3 fully saturated rings. The Morgan fingerprint density at radius 2 is 1.76 bits per heavy atom. The van der Waals surface area contributed by atoms with Gasteiger partial charge in [-0.25, -0.2) is 0 Å². The number of fused-ring (bicyclic) bond motifs is 5. The number of carbonyl (C=O) groups excluding carboxylic acids is 1. The summed E-state index contributed by atoms with van der Waals surface area (Å²) >= 11 is 4.06. The van der Waals surface area contributed by atoms with Crippen LogP contribution >= 0.6 is 15.9 Å². The Hall–Kier alpha value is -0.930. The van der Waals surface area contributed by atoms with Gasteiger partial charge in [0, 0.05) is 16.7 Å². The molecule has 2 nitrogen and oxygen atoms in total. The van der Waals surface area contributed by atoms with Crippen molar-refractivity contribution in [3.8, 4) is 0 Å². The predicted octanol–water partition coefficient (Wildman–Crippen LogP) is 6.48. The van der Waals surface area contributed by atoms with Crippen molar-refractivity contribution in [2.75, 3.05) is 0 Å². The zero-order chi connectivity index (χ0) is 20.2. The molecular formula is C26H33BrO2. The van der Waals surface area contributed by atoms with E-state index in [1.807, 2.05) is 0 Å². The summed E-state index contributed by atoms with van der Waals surface area (Å²) < 4.78 is 6.33. The fourth-order valence-corrected chi connectivity index (χ4v) is 8.33. The standard InChI is InChI=1S/C26H33BrO2/c1-25-12-10-19(29-16-17-6-4-3-5-7-17)14-18(25)15-22(27)24-20-8-9-23(28)26(20,2)13-11-21(24)25/h3-7,15,19-22,24H,8-14,16H2,1-2H3/t19-,20-,21-,22+,24-,25-,26-/m0/s1. The van der Waals surface area contributed by atoms with Crippen LogP contribution in [0.25, 0.3) is 0 Å². The third kappa shape index (κ3) is 3.19. The molecule has 29 heavy (non-hydrogen) atoms. The van der Waals surface area contributed by atoms with Crippen LogP contribution in [0.2, 0.25) is 0 Å². The summed E-state index contributed by atoms with van der Waals surface area (Å²) in [5, 5.41) is 0. The van der Waals surface area contributed by atoms with Crippen LogP contribution in [0.3, 0.4) is 0 Å². The summed E-state index contributed by atoms with van der Waals surface area (Å²) in [5.74, 6) is 2.39. The third-order valence-electron chi connectivity index (χ3n) is 9.08. The normalized spacial score (nSPS) is 43.9. The Morgan fingerprint density at radius 1 is 1.03 bits per heavy atom. The molecule has 0 spiro atoms. The summed E-state index contributed by atoms with van der Waals surface area (Å²) in [4.78, 5) is 13.1. The van der Waals surface area contributed by atoms with Crippen LogP contribution in [0.15, 0.2) is 42.0 Å². The van der Waals surface area contributed by atoms with Crippen molar-refractivity contribution in [2.45, 2.75) is 76.3 Å². The Bertz CT molecular complexity index is 817. The zero-order valence-electron chi connectivity index (χ0n) is 17.7. The first-order valence-corrected chi connectivity index (χ1v) is 12.4. The molecule has 0 N–H and O–H groups in total. The molecule has 4 aliphatic carbocycles. The van der Waals surface area contributed by atoms with Crippen molar-refractivity contribution in [1.82, 2.24) is 0 Å². The minimum atomic E-state index is -0.0646. The van der Waals surface area contributed by atoms with E-state index in [0.29, 0.717) is 41.1 Å². The van der Waals surface area contributed by atoms with Gasteiger partial charge in [-0.15, -0.1) is 0 Å². The van der Waals surface area contributed by atoms with Crippen molar-refractivity contribution >= 4 is 21.7 Å². The molecule has 0 heterocycles. The van der Waals surface area contributed by atoms with E-state index in [1.165, 1.54) is 18.4 Å². The number of hydrogen-bond acceptors (Lipinski definition) is 2. The molecular weight excluding hydrogens is 424 g/mol. The van der Waals surface area contributed by atoms with Crippen LogP contribution in [0, 0.1) is 28.6 Å². The molecule has 0 unspecified atom stereocenters. The lowest BCUT2D eigenvalue weighted by atomic mass is 9.48. The number of halogens is 1. The highest BCUT2D eigenvalue weighted by atomic mass is 79.9. The molecule has 0 saturated heterocycles. The van der Waals surface area contributed by atoms with Crippen LogP contribution in [0.4, 0.5) is 0 Å². The summed E-state index contributed by atoms with van der Waals surface area (Å²) in [7, 11) is 0. The van der Waals surface area contributed by atoms with Crippen molar-refractivity contribution < 1.29 is 9.53 Å². The lowest BCUT2D eigenvalue weighted by Crippen LogP contribution is -2.53. The number of ketones is 1. The number of alkyl halides is 1. The Morgan fingerprint density at radius 3 is 2.55 bits per heavy atom. The topological polar surface area (TPSA) is 26.3 Å². The van der Waals surface area contributed by atoms with E-state index in [1.54, 1.807) is 5.57 Å². The van der Waals surface area contributed by atoms with Gasteiger partial charge in [0.2, 0.25) is 0 Å². The van der Waals surface area contributed by atoms with E-state index in [2.05, 4.69) is 66.2 Å². The van der Waals surface area contributed by atoms with Gasteiger partial charge in [0.05, 0.1) is 12.7 Å². The number of hydrogen-bond donors (Lipinski definition) is 0. The fourth-order valence-electron chi connectivity index (χ4n) is 7.27. The summed E-state index contributed by atoms with van der Waals surface area (Å²) in [6.07, 6.45) is 10.5. The monoisotopic (exact) mass is 456 g/mol. The van der Waals surface area contributed by atoms with Crippen LogP contribution in [-0.2, 0) is 16.1 Å². The van der Waals surface area contributed by atoms with Gasteiger partial charge in [-0.3, -0.25) is 4.79 Å². The number of allylic oxidation sites excluding steroid dienone is 1. The molecule has 3 heteroatoms. The van der Waals surface area contributed by atoms with Gasteiger partial charge in [0.1, 0.15) is 5.78 Å². The number of benzene rings is 1. The number of Topliss-reactive ketones (excluding diaryl/α,β-unsaturated/α-hetero) is 1. The molecule has 7 atom stereocenters. The van der Waals surface area contributed by atoms with Crippen LogP contribution in [-0.4, -0.2) is 16.7 Å². The molecule has 3 saturated carbocycles. The Labute approximate surface area is 183 Å². The molecule has 1 aromatic carbocycles. The molecule has 0 aliphatic heterocycles. The van der Waals surface area contributed by atoms with Gasteiger partial charge in [0.25, 0.3) is 0 Å². The Balaban J connectivity index is 1.35. The van der Waals surface area contributed by atoms with E-state index in [-0.39, 0.29) is 10.8 Å². The van der Waals surface area contributed by atoms with Gasteiger partial charge in [0.15, 0.2) is 0 Å². The van der Waals surface area contributed by atoms with Crippen LogP contribution in [0.5, 0.6) is 0 Å². The second kappa shape index (κ2) is 7.34. The molecule has 5 rings (SSSR count). The van der Waals surface area contributed by atoms with E-state index in [9.17, 15) is 4.79 Å². The lowest BCUT2D eigenvalue weighted by molar-refractivity contribution is -0.131. The lowest BCUT2D eigenvalue weighted by Gasteiger charge is -2.58. The zero-order valence-corrected chi connectivity index (χ0v) is 19.3. The average molecular weight is 457 g/mol. The molecule has 156 valence electrons. The van der Waals surface area contributed by atoms with E-state index in [4.69, 9.17) is 4.74 Å². The first-order valence-electron chi connectivity index (χ1n) is 11.5. The van der Waals surface area contributed by atoms with Crippen LogP contribution in [0.1, 0.15) is 64.4 Å². The highest BCUT2D eigenvalue weighted by molar-refractivity contribution is 9.09. The van der Waals surface area contributed by atoms with Gasteiger partial charge in [-0.05, 0) is 67.3 Å². The van der Waals surface area contributed by atoms with Crippen molar-refractivity contribution in [3.05, 3.63) is 47.5 Å². The van der Waals surface area contributed by atoms with Gasteiger partial charge in [-0.2, -0.15) is 0 Å². The predicted molar refractivity (Wildman–Crippen MR) is 120 cm³/mol. The molecule has 1 aromatic rings.